The molecule has 0 bridgehead atoms. The van der Waals surface area contributed by atoms with E-state index in [2.05, 4.69) is 11.4 Å². The number of hydrogen-bond donors (Lipinski definition) is 2. The summed E-state index contributed by atoms with van der Waals surface area (Å²) in [4.78, 5) is 0.105. The minimum atomic E-state index is -3.64. The summed E-state index contributed by atoms with van der Waals surface area (Å²) >= 11 is 0. The molecule has 0 spiro atoms. The number of hydrogen-bond acceptors (Lipinski definition) is 4. The lowest BCUT2D eigenvalue weighted by Gasteiger charge is -2.06. The van der Waals surface area contributed by atoms with Crippen LogP contribution in [0.5, 0.6) is 0 Å². The molecule has 0 amide bonds. The fourth-order valence-corrected chi connectivity index (χ4v) is 2.41. The van der Waals surface area contributed by atoms with Crippen molar-refractivity contribution >= 4 is 10.0 Å². The number of nitrogens with zero attached hydrogens (tertiary/aromatic N) is 1. The molecular weight excluding hydrogens is 286 g/mol. The van der Waals surface area contributed by atoms with E-state index in [1.54, 1.807) is 18.2 Å². The van der Waals surface area contributed by atoms with E-state index in [0.29, 0.717) is 18.7 Å². The molecule has 0 saturated heterocycles. The number of nitriles is 1. The summed E-state index contributed by atoms with van der Waals surface area (Å²) in [6.45, 7) is 1.23. The maximum atomic E-state index is 11.1. The zero-order valence-corrected chi connectivity index (χ0v) is 12.1. The second kappa shape index (κ2) is 6.50. The van der Waals surface area contributed by atoms with Gasteiger partial charge in [0.05, 0.1) is 16.5 Å². The summed E-state index contributed by atoms with van der Waals surface area (Å²) in [6, 6.07) is 15.9. The number of rotatable bonds is 5. The molecule has 0 saturated carbocycles. The summed E-state index contributed by atoms with van der Waals surface area (Å²) in [5.74, 6) is 0. The first-order chi connectivity index (χ1) is 9.99. The zero-order chi connectivity index (χ0) is 15.3. The Morgan fingerprint density at radius 3 is 2.33 bits per heavy atom. The second-order valence-electron chi connectivity index (χ2n) is 4.60. The summed E-state index contributed by atoms with van der Waals surface area (Å²) in [7, 11) is -3.64. The minimum absolute atomic E-state index is 0.105. The first-order valence-electron chi connectivity index (χ1n) is 6.30. The van der Waals surface area contributed by atoms with Crippen LogP contribution in [0.15, 0.2) is 53.4 Å². The van der Waals surface area contributed by atoms with Crippen LogP contribution in [-0.2, 0) is 23.1 Å². The molecule has 2 aromatic rings. The number of sulfonamides is 1. The van der Waals surface area contributed by atoms with Gasteiger partial charge in [0.25, 0.3) is 0 Å². The highest BCUT2D eigenvalue weighted by molar-refractivity contribution is 7.89. The predicted molar refractivity (Wildman–Crippen MR) is 79.5 cm³/mol. The predicted octanol–water partition coefficient (Wildman–Crippen LogP) is 1.50. The highest BCUT2D eigenvalue weighted by atomic mass is 32.2. The maximum Gasteiger partial charge on any atom is 0.238 e. The van der Waals surface area contributed by atoms with Crippen LogP contribution >= 0.6 is 0 Å². The van der Waals surface area contributed by atoms with Crippen molar-refractivity contribution in [3.05, 3.63) is 65.2 Å². The minimum Gasteiger partial charge on any atom is -0.309 e. The van der Waals surface area contributed by atoms with E-state index in [0.717, 1.165) is 11.1 Å². The highest BCUT2D eigenvalue weighted by Crippen LogP contribution is 2.09. The molecule has 0 aromatic heterocycles. The first-order valence-corrected chi connectivity index (χ1v) is 7.85. The molecule has 0 atom stereocenters. The van der Waals surface area contributed by atoms with Crippen molar-refractivity contribution in [2.75, 3.05) is 0 Å². The van der Waals surface area contributed by atoms with Gasteiger partial charge in [0.15, 0.2) is 0 Å². The van der Waals surface area contributed by atoms with Gasteiger partial charge < -0.3 is 5.32 Å². The Labute approximate surface area is 124 Å². The summed E-state index contributed by atoms with van der Waals surface area (Å²) in [5.41, 5.74) is 2.61. The van der Waals surface area contributed by atoms with Gasteiger partial charge >= 0.3 is 0 Å². The Bertz CT molecular complexity index is 762. The Morgan fingerprint density at radius 1 is 1.05 bits per heavy atom. The van der Waals surface area contributed by atoms with Gasteiger partial charge in [-0.15, -0.1) is 0 Å². The normalized spacial score (nSPS) is 11.0. The topological polar surface area (TPSA) is 96.0 Å². The molecule has 0 aliphatic rings. The lowest BCUT2D eigenvalue weighted by molar-refractivity contribution is 0.597. The average Bonchev–Trinajstić information content (AvgIpc) is 2.47. The van der Waals surface area contributed by atoms with Crippen molar-refractivity contribution in [3.8, 4) is 6.07 Å². The van der Waals surface area contributed by atoms with Gasteiger partial charge in [-0.1, -0.05) is 24.3 Å². The van der Waals surface area contributed by atoms with E-state index < -0.39 is 10.0 Å². The number of nitrogens with two attached hydrogens (primary N) is 1. The molecular formula is C15H15N3O2S. The Kier molecular flexibility index (Phi) is 4.70. The monoisotopic (exact) mass is 301 g/mol. The van der Waals surface area contributed by atoms with Crippen LogP contribution in [0.4, 0.5) is 0 Å². The SMILES string of the molecule is N#Cc1cccc(CNCc2ccc(S(N)(=O)=O)cc2)c1. The Morgan fingerprint density at radius 2 is 1.71 bits per heavy atom. The largest absolute Gasteiger partial charge is 0.309 e. The van der Waals surface area contributed by atoms with Crippen LogP contribution in [0.2, 0.25) is 0 Å². The molecule has 0 aliphatic heterocycles. The van der Waals surface area contributed by atoms with Gasteiger partial charge in [-0.05, 0) is 35.4 Å². The van der Waals surface area contributed by atoms with Crippen LogP contribution in [0.25, 0.3) is 0 Å². The van der Waals surface area contributed by atoms with Crippen molar-refractivity contribution in [2.45, 2.75) is 18.0 Å². The maximum absolute atomic E-state index is 11.1. The third-order valence-corrected chi connectivity index (χ3v) is 3.90. The van der Waals surface area contributed by atoms with E-state index in [-0.39, 0.29) is 4.90 Å². The molecule has 2 rings (SSSR count). The van der Waals surface area contributed by atoms with Gasteiger partial charge in [-0.3, -0.25) is 0 Å². The van der Waals surface area contributed by atoms with E-state index in [1.165, 1.54) is 12.1 Å². The van der Waals surface area contributed by atoms with Crippen LogP contribution in [0.3, 0.4) is 0 Å². The lowest BCUT2D eigenvalue weighted by atomic mass is 10.1. The Hall–Kier alpha value is -2.20. The first kappa shape index (κ1) is 15.2. The van der Waals surface area contributed by atoms with E-state index >= 15 is 0 Å². The molecule has 21 heavy (non-hydrogen) atoms. The molecule has 0 heterocycles. The second-order valence-corrected chi connectivity index (χ2v) is 6.17. The summed E-state index contributed by atoms with van der Waals surface area (Å²) in [5, 5.41) is 17.1. The van der Waals surface area contributed by atoms with Crippen LogP contribution in [0, 0.1) is 11.3 Å². The van der Waals surface area contributed by atoms with Crippen LogP contribution in [-0.4, -0.2) is 8.42 Å². The van der Waals surface area contributed by atoms with Gasteiger partial charge in [0.1, 0.15) is 0 Å². The van der Waals surface area contributed by atoms with Crippen molar-refractivity contribution in [2.24, 2.45) is 5.14 Å². The molecule has 0 fully saturated rings. The highest BCUT2D eigenvalue weighted by Gasteiger charge is 2.06. The molecule has 3 N–H and O–H groups in total. The van der Waals surface area contributed by atoms with Crippen LogP contribution < -0.4 is 10.5 Å². The van der Waals surface area contributed by atoms with Gasteiger partial charge in [0.2, 0.25) is 10.0 Å². The van der Waals surface area contributed by atoms with Crippen molar-refractivity contribution in [3.63, 3.8) is 0 Å². The quantitative estimate of drug-likeness (QED) is 0.874. The van der Waals surface area contributed by atoms with E-state index in [4.69, 9.17) is 10.4 Å². The molecule has 0 aliphatic carbocycles. The lowest BCUT2D eigenvalue weighted by Crippen LogP contribution is -2.14. The van der Waals surface area contributed by atoms with Gasteiger partial charge in [0, 0.05) is 13.1 Å². The van der Waals surface area contributed by atoms with Gasteiger partial charge in [-0.2, -0.15) is 5.26 Å². The summed E-state index contributed by atoms with van der Waals surface area (Å²) in [6.07, 6.45) is 0. The molecule has 6 heteroatoms. The third kappa shape index (κ3) is 4.39. The van der Waals surface area contributed by atoms with E-state index in [9.17, 15) is 8.42 Å². The zero-order valence-electron chi connectivity index (χ0n) is 11.3. The Balaban J connectivity index is 1.93. The summed E-state index contributed by atoms with van der Waals surface area (Å²) < 4.78 is 22.3. The molecule has 108 valence electrons. The molecule has 0 radical (unpaired) electrons. The van der Waals surface area contributed by atoms with Crippen molar-refractivity contribution in [1.29, 1.82) is 5.26 Å². The fourth-order valence-electron chi connectivity index (χ4n) is 1.90. The van der Waals surface area contributed by atoms with Gasteiger partial charge in [-0.25, -0.2) is 13.6 Å². The number of benzene rings is 2. The third-order valence-electron chi connectivity index (χ3n) is 2.97. The average molecular weight is 301 g/mol. The number of nitrogens with one attached hydrogen (secondary N) is 1. The standard InChI is InChI=1S/C15H15N3O2S/c16-9-13-2-1-3-14(8-13)11-18-10-12-4-6-15(7-5-12)21(17,19)20/h1-8,18H,10-11H2,(H2,17,19,20). The number of primary sulfonamides is 1. The molecule has 2 aromatic carbocycles. The fraction of sp³-hybridized carbons (Fsp3) is 0.133. The van der Waals surface area contributed by atoms with Crippen molar-refractivity contribution in [1.82, 2.24) is 5.32 Å². The van der Waals surface area contributed by atoms with Crippen LogP contribution in [0.1, 0.15) is 16.7 Å². The van der Waals surface area contributed by atoms with Crippen molar-refractivity contribution < 1.29 is 8.42 Å². The smallest absolute Gasteiger partial charge is 0.238 e. The van der Waals surface area contributed by atoms with E-state index in [1.807, 2.05) is 18.2 Å². The molecule has 5 nitrogen and oxygen atoms in total. The molecule has 0 unspecified atom stereocenters.